The number of ether oxygens (including phenoxy) is 2. The fourth-order valence-electron chi connectivity index (χ4n) is 3.43. The smallest absolute Gasteiger partial charge is 0.462 e. The van der Waals surface area contributed by atoms with Crippen molar-refractivity contribution in [3.05, 3.63) is 41.5 Å². The lowest BCUT2D eigenvalue weighted by atomic mass is 10.1. The van der Waals surface area contributed by atoms with Crippen LogP contribution in [0.15, 0.2) is 30.3 Å². The number of hydrogen-bond donors (Lipinski definition) is 0. The van der Waals surface area contributed by atoms with Crippen molar-refractivity contribution in [3.63, 3.8) is 0 Å². The highest BCUT2D eigenvalue weighted by Crippen LogP contribution is 2.34. The van der Waals surface area contributed by atoms with Crippen LogP contribution in [0.5, 0.6) is 0 Å². The topological polar surface area (TPSA) is 80.3 Å². The molecule has 0 unspecified atom stereocenters. The van der Waals surface area contributed by atoms with Crippen LogP contribution in [0.25, 0.3) is 11.1 Å². The van der Waals surface area contributed by atoms with E-state index in [9.17, 15) is 9.59 Å². The summed E-state index contributed by atoms with van der Waals surface area (Å²) in [5, 5.41) is 0.311. The molecule has 0 amide bonds. The maximum absolute atomic E-state index is 13.1. The van der Waals surface area contributed by atoms with Crippen LogP contribution in [0, 0.1) is 0 Å². The highest BCUT2D eigenvalue weighted by Gasteiger charge is 2.52. The van der Waals surface area contributed by atoms with E-state index in [1.54, 1.807) is 38.1 Å². The molecule has 0 aliphatic heterocycles. The molecule has 0 aromatic rings. The molecule has 2 rings (SSSR count). The Hall–Kier alpha value is -2.26. The first-order valence-electron chi connectivity index (χ1n) is 10.3. The average molecular weight is 435 g/mol. The van der Waals surface area contributed by atoms with Gasteiger partial charge in [0, 0.05) is 19.8 Å². The molecule has 0 aromatic heterocycles. The van der Waals surface area contributed by atoms with Gasteiger partial charge in [0.15, 0.2) is 0 Å². The van der Waals surface area contributed by atoms with E-state index in [2.05, 4.69) is 0 Å². The van der Waals surface area contributed by atoms with E-state index in [-0.39, 0.29) is 44.2 Å². The summed E-state index contributed by atoms with van der Waals surface area (Å²) < 4.78 is 28.9. The van der Waals surface area contributed by atoms with Crippen molar-refractivity contribution < 1.29 is 32.3 Å². The highest BCUT2D eigenvalue weighted by molar-refractivity contribution is 6.78. The fourth-order valence-corrected chi connectivity index (χ4v) is 6.33. The molecule has 2 aliphatic rings. The minimum atomic E-state index is -3.66. The van der Waals surface area contributed by atoms with Gasteiger partial charge in [-0.3, -0.25) is 0 Å². The number of esters is 2. The molecule has 0 bridgehead atoms. The molecular weight excluding hydrogens is 404 g/mol. The van der Waals surface area contributed by atoms with Gasteiger partial charge >= 0.3 is 20.7 Å². The number of rotatable bonds is 11. The van der Waals surface area contributed by atoms with Crippen molar-refractivity contribution in [3.8, 4) is 11.1 Å². The van der Waals surface area contributed by atoms with Crippen molar-refractivity contribution in [2.45, 2.75) is 34.6 Å². The standard InChI is InChI=1S/C22H30O7Si/c1-6-25-21(23)18-16-14-12-11-13-15-17(16)19(22(24)26-7-2)20(18)30(27-8-3,28-9-4)29-10-5/h11-15H,6-10H2,1-5H3. The van der Waals surface area contributed by atoms with Crippen LogP contribution in [0.2, 0.25) is 0 Å². The summed E-state index contributed by atoms with van der Waals surface area (Å²) in [6, 6.07) is 8.97. The average Bonchev–Trinajstić information content (AvgIpc) is 2.85. The van der Waals surface area contributed by atoms with Crippen LogP contribution in [0.4, 0.5) is 0 Å². The number of carbonyl (C=O) groups excluding carboxylic acids is 2. The van der Waals surface area contributed by atoms with Crippen molar-refractivity contribution in [1.29, 1.82) is 0 Å². The largest absolute Gasteiger partial charge is 0.539 e. The SMILES string of the molecule is CCOC(=O)c1c2cccccc-2c(C(=O)OCC)c1[Si](OCC)(OCC)OCC. The highest BCUT2D eigenvalue weighted by atomic mass is 28.4. The minimum Gasteiger partial charge on any atom is -0.462 e. The summed E-state index contributed by atoms with van der Waals surface area (Å²) in [6.45, 7) is 10.1. The summed E-state index contributed by atoms with van der Waals surface area (Å²) in [5.41, 5.74) is 1.58. The van der Waals surface area contributed by atoms with E-state index < -0.39 is 20.7 Å². The summed E-state index contributed by atoms with van der Waals surface area (Å²) in [5.74, 6) is -1.12. The molecule has 7 nitrogen and oxygen atoms in total. The van der Waals surface area contributed by atoms with Crippen molar-refractivity contribution in [2.75, 3.05) is 33.0 Å². The maximum Gasteiger partial charge on any atom is 0.539 e. The van der Waals surface area contributed by atoms with Gasteiger partial charge in [-0.15, -0.1) is 0 Å². The lowest BCUT2D eigenvalue weighted by molar-refractivity contribution is 0.0519. The molecule has 0 radical (unpaired) electrons. The van der Waals surface area contributed by atoms with Gasteiger partial charge in [-0.2, -0.15) is 0 Å². The van der Waals surface area contributed by atoms with Gasteiger partial charge < -0.3 is 22.8 Å². The molecule has 164 valence electrons. The number of fused-ring (bicyclic) bond motifs is 1. The molecule has 0 saturated carbocycles. The Bertz CT molecular complexity index is 767. The van der Waals surface area contributed by atoms with Crippen LogP contribution in [-0.4, -0.2) is 53.8 Å². The molecule has 0 saturated heterocycles. The van der Waals surface area contributed by atoms with Gasteiger partial charge in [-0.05, 0) is 45.7 Å². The second kappa shape index (κ2) is 11.2. The Morgan fingerprint density at radius 3 is 1.40 bits per heavy atom. The molecule has 8 heteroatoms. The first-order chi connectivity index (χ1) is 14.5. The summed E-state index contributed by atoms with van der Waals surface area (Å²) in [7, 11) is -3.66. The molecule has 0 N–H and O–H groups in total. The second-order valence-electron chi connectivity index (χ2n) is 6.16. The summed E-state index contributed by atoms with van der Waals surface area (Å²) in [4.78, 5) is 26.2. The number of carbonyl (C=O) groups is 2. The van der Waals surface area contributed by atoms with E-state index >= 15 is 0 Å². The molecule has 0 aromatic carbocycles. The molecule has 30 heavy (non-hydrogen) atoms. The first kappa shape index (κ1) is 24.0. The minimum absolute atomic E-state index is 0.186. The van der Waals surface area contributed by atoms with E-state index in [1.807, 2.05) is 26.8 Å². The summed E-state index contributed by atoms with van der Waals surface area (Å²) in [6.07, 6.45) is 0. The predicted molar refractivity (Wildman–Crippen MR) is 115 cm³/mol. The Labute approximate surface area is 178 Å². The molecule has 0 spiro atoms. The lowest BCUT2D eigenvalue weighted by Crippen LogP contribution is -2.59. The zero-order valence-corrected chi connectivity index (χ0v) is 19.3. The molecule has 0 atom stereocenters. The second-order valence-corrected chi connectivity index (χ2v) is 8.64. The Morgan fingerprint density at radius 1 is 0.667 bits per heavy atom. The van der Waals surface area contributed by atoms with Gasteiger partial charge in [-0.1, -0.05) is 30.3 Å². The van der Waals surface area contributed by atoms with E-state index in [1.165, 1.54) is 0 Å². The first-order valence-corrected chi connectivity index (χ1v) is 12.0. The monoisotopic (exact) mass is 434 g/mol. The Balaban J connectivity index is 3.01. The van der Waals surface area contributed by atoms with Crippen LogP contribution in [-0.2, 0) is 22.8 Å². The molecule has 2 aliphatic carbocycles. The fraction of sp³-hybridized carbons (Fsp3) is 0.455. The zero-order chi connectivity index (χ0) is 22.1. The van der Waals surface area contributed by atoms with Gasteiger partial charge in [0.2, 0.25) is 0 Å². The third kappa shape index (κ3) is 4.72. The third-order valence-corrected chi connectivity index (χ3v) is 7.46. The van der Waals surface area contributed by atoms with Gasteiger partial charge in [-0.25, -0.2) is 9.59 Å². The predicted octanol–water partition coefficient (Wildman–Crippen LogP) is 3.40. The van der Waals surface area contributed by atoms with Gasteiger partial charge in [0.1, 0.15) is 0 Å². The Kier molecular flexibility index (Phi) is 8.98. The van der Waals surface area contributed by atoms with E-state index in [0.717, 1.165) is 0 Å². The maximum atomic E-state index is 13.1. The van der Waals surface area contributed by atoms with Crippen molar-refractivity contribution in [2.24, 2.45) is 0 Å². The quantitative estimate of drug-likeness (QED) is 0.396. The zero-order valence-electron chi connectivity index (χ0n) is 18.3. The molecular formula is C22H30O7Si. The normalized spacial score (nSPS) is 11.5. The number of hydrogen-bond acceptors (Lipinski definition) is 7. The third-order valence-electron chi connectivity index (χ3n) is 4.35. The molecule has 0 heterocycles. The van der Waals surface area contributed by atoms with Crippen molar-refractivity contribution in [1.82, 2.24) is 0 Å². The Morgan fingerprint density at radius 2 is 1.07 bits per heavy atom. The lowest BCUT2D eigenvalue weighted by Gasteiger charge is -2.29. The van der Waals surface area contributed by atoms with Crippen LogP contribution in [0.3, 0.4) is 0 Å². The molecule has 0 fully saturated rings. The van der Waals surface area contributed by atoms with Crippen molar-refractivity contribution >= 4 is 25.9 Å². The van der Waals surface area contributed by atoms with Crippen LogP contribution in [0.1, 0.15) is 55.3 Å². The van der Waals surface area contributed by atoms with E-state index in [4.69, 9.17) is 22.8 Å². The summed E-state index contributed by atoms with van der Waals surface area (Å²) >= 11 is 0. The van der Waals surface area contributed by atoms with Gasteiger partial charge in [0.25, 0.3) is 0 Å². The van der Waals surface area contributed by atoms with Crippen LogP contribution < -0.4 is 5.19 Å². The van der Waals surface area contributed by atoms with E-state index in [0.29, 0.717) is 16.3 Å². The van der Waals surface area contributed by atoms with Gasteiger partial charge in [0.05, 0.1) is 29.5 Å². The van der Waals surface area contributed by atoms with Crippen LogP contribution >= 0.6 is 0 Å².